The van der Waals surface area contributed by atoms with Crippen molar-refractivity contribution in [1.82, 2.24) is 15.1 Å². The Bertz CT molecular complexity index is 631. The topological polar surface area (TPSA) is 46.9 Å². The van der Waals surface area contributed by atoms with Gasteiger partial charge in [-0.2, -0.15) is 5.10 Å². The molecule has 1 amide bonds. The molecule has 0 aliphatic heterocycles. The molecule has 4 nitrogen and oxygen atoms in total. The van der Waals surface area contributed by atoms with Crippen LogP contribution in [0.3, 0.4) is 0 Å². The predicted octanol–water partition coefficient (Wildman–Crippen LogP) is 2.93. The summed E-state index contributed by atoms with van der Waals surface area (Å²) in [6.45, 7) is 4.68. The number of amides is 1. The molecule has 110 valence electrons. The highest BCUT2D eigenvalue weighted by atomic mass is 19.1. The number of hydrogen-bond acceptors (Lipinski definition) is 2. The lowest BCUT2D eigenvalue weighted by molar-refractivity contribution is -0.117. The van der Waals surface area contributed by atoms with E-state index in [4.69, 9.17) is 0 Å². The molecular weight excluding hydrogens is 269 g/mol. The second-order valence-corrected chi connectivity index (χ2v) is 4.71. The zero-order valence-electron chi connectivity index (χ0n) is 12.1. The van der Waals surface area contributed by atoms with Crippen molar-refractivity contribution in [3.8, 4) is 0 Å². The molecule has 1 heterocycles. The van der Waals surface area contributed by atoms with Crippen molar-refractivity contribution in [2.75, 3.05) is 0 Å². The lowest BCUT2D eigenvalue weighted by atomic mass is 10.2. The van der Waals surface area contributed by atoms with Crippen LogP contribution in [0, 0.1) is 5.82 Å². The Balaban J connectivity index is 1.93. The van der Waals surface area contributed by atoms with Crippen LogP contribution in [0.4, 0.5) is 4.39 Å². The largest absolute Gasteiger partial charge is 0.344 e. The molecule has 0 saturated carbocycles. The van der Waals surface area contributed by atoms with Gasteiger partial charge in [0, 0.05) is 18.8 Å². The van der Waals surface area contributed by atoms with Gasteiger partial charge in [0.25, 0.3) is 0 Å². The summed E-state index contributed by atoms with van der Waals surface area (Å²) in [5.41, 5.74) is 1.59. The summed E-state index contributed by atoms with van der Waals surface area (Å²) in [6.07, 6.45) is 4.96. The number of carbonyl (C=O) groups excluding carboxylic acids is 1. The zero-order valence-corrected chi connectivity index (χ0v) is 12.1. The van der Waals surface area contributed by atoms with Crippen molar-refractivity contribution in [1.29, 1.82) is 0 Å². The fraction of sp³-hybridized carbons (Fsp3) is 0.250. The summed E-state index contributed by atoms with van der Waals surface area (Å²) in [7, 11) is 0. The summed E-state index contributed by atoms with van der Waals surface area (Å²) in [5.74, 6) is -0.505. The van der Waals surface area contributed by atoms with Crippen molar-refractivity contribution < 1.29 is 9.18 Å². The average molecular weight is 287 g/mol. The first-order chi connectivity index (χ1) is 10.1. The van der Waals surface area contributed by atoms with Crippen LogP contribution in [-0.2, 0) is 11.3 Å². The molecule has 0 saturated heterocycles. The van der Waals surface area contributed by atoms with Crippen molar-refractivity contribution in [2.45, 2.75) is 26.4 Å². The fourth-order valence-corrected chi connectivity index (χ4v) is 1.87. The number of hydrogen-bond donors (Lipinski definition) is 1. The van der Waals surface area contributed by atoms with E-state index >= 15 is 0 Å². The third-order valence-electron chi connectivity index (χ3n) is 3.08. The van der Waals surface area contributed by atoms with Crippen molar-refractivity contribution in [3.63, 3.8) is 0 Å². The predicted molar refractivity (Wildman–Crippen MR) is 79.9 cm³/mol. The molecule has 0 aliphatic carbocycles. The maximum Gasteiger partial charge on any atom is 0.244 e. The standard InChI is InChI=1S/C16H18FN3O/c1-3-20-11-10-15(19-20)12(2)18-16(21)9-6-13-4-7-14(17)8-5-13/h4-12H,3H2,1-2H3,(H,18,21)/b9-6+. The second-order valence-electron chi connectivity index (χ2n) is 4.71. The van der Waals surface area contributed by atoms with Crippen molar-refractivity contribution >= 4 is 12.0 Å². The minimum absolute atomic E-state index is 0.164. The Morgan fingerprint density at radius 3 is 2.71 bits per heavy atom. The van der Waals surface area contributed by atoms with Crippen LogP contribution >= 0.6 is 0 Å². The van der Waals surface area contributed by atoms with Gasteiger partial charge in [-0.3, -0.25) is 9.48 Å². The van der Waals surface area contributed by atoms with Gasteiger partial charge < -0.3 is 5.32 Å². The molecule has 0 aliphatic rings. The molecule has 1 aromatic carbocycles. The molecule has 2 aromatic rings. The van der Waals surface area contributed by atoms with Crippen LogP contribution in [0.5, 0.6) is 0 Å². The SMILES string of the molecule is CCn1ccc(C(C)NC(=O)/C=C/c2ccc(F)cc2)n1. The van der Waals surface area contributed by atoms with E-state index in [1.807, 2.05) is 30.8 Å². The first kappa shape index (κ1) is 15.0. The number of benzene rings is 1. The minimum Gasteiger partial charge on any atom is -0.344 e. The van der Waals surface area contributed by atoms with E-state index in [2.05, 4.69) is 10.4 Å². The Morgan fingerprint density at radius 1 is 1.38 bits per heavy atom. The first-order valence-electron chi connectivity index (χ1n) is 6.86. The molecule has 5 heteroatoms. The number of aryl methyl sites for hydroxylation is 1. The smallest absolute Gasteiger partial charge is 0.244 e. The van der Waals surface area contributed by atoms with E-state index in [1.165, 1.54) is 18.2 Å². The van der Waals surface area contributed by atoms with Gasteiger partial charge in [-0.1, -0.05) is 12.1 Å². The van der Waals surface area contributed by atoms with Crippen LogP contribution < -0.4 is 5.32 Å². The summed E-state index contributed by atoms with van der Waals surface area (Å²) >= 11 is 0. The number of nitrogens with one attached hydrogen (secondary N) is 1. The number of halogens is 1. The summed E-state index contributed by atoms with van der Waals surface area (Å²) in [5, 5.41) is 7.19. The quantitative estimate of drug-likeness (QED) is 0.859. The van der Waals surface area contributed by atoms with E-state index in [0.29, 0.717) is 0 Å². The Labute approximate surface area is 123 Å². The number of rotatable bonds is 5. The van der Waals surface area contributed by atoms with Gasteiger partial charge in [-0.15, -0.1) is 0 Å². The number of aromatic nitrogens is 2. The highest BCUT2D eigenvalue weighted by Crippen LogP contribution is 2.09. The summed E-state index contributed by atoms with van der Waals surface area (Å²) < 4.78 is 14.6. The van der Waals surface area contributed by atoms with E-state index in [0.717, 1.165) is 17.8 Å². The molecule has 2 rings (SSSR count). The number of nitrogens with zero attached hydrogens (tertiary/aromatic N) is 2. The van der Waals surface area contributed by atoms with Gasteiger partial charge in [-0.05, 0) is 43.7 Å². The molecule has 0 spiro atoms. The molecule has 0 fully saturated rings. The molecule has 0 radical (unpaired) electrons. The molecule has 1 N–H and O–H groups in total. The van der Waals surface area contributed by atoms with Gasteiger partial charge in [0.15, 0.2) is 0 Å². The van der Waals surface area contributed by atoms with Crippen molar-refractivity contribution in [2.24, 2.45) is 0 Å². The normalized spacial score (nSPS) is 12.5. The van der Waals surface area contributed by atoms with E-state index in [1.54, 1.807) is 18.2 Å². The molecule has 0 bridgehead atoms. The van der Waals surface area contributed by atoms with Crippen LogP contribution in [0.2, 0.25) is 0 Å². The summed E-state index contributed by atoms with van der Waals surface area (Å²) in [4.78, 5) is 11.8. The Kier molecular flexibility index (Phi) is 4.87. The lowest BCUT2D eigenvalue weighted by Crippen LogP contribution is -2.25. The highest BCUT2D eigenvalue weighted by molar-refractivity contribution is 5.91. The highest BCUT2D eigenvalue weighted by Gasteiger charge is 2.10. The Hall–Kier alpha value is -2.43. The average Bonchev–Trinajstić information content (AvgIpc) is 2.96. The van der Waals surface area contributed by atoms with Crippen LogP contribution in [-0.4, -0.2) is 15.7 Å². The van der Waals surface area contributed by atoms with E-state index in [-0.39, 0.29) is 17.8 Å². The second kappa shape index (κ2) is 6.83. The van der Waals surface area contributed by atoms with Crippen LogP contribution in [0.25, 0.3) is 6.08 Å². The molecule has 1 unspecified atom stereocenters. The van der Waals surface area contributed by atoms with E-state index in [9.17, 15) is 9.18 Å². The van der Waals surface area contributed by atoms with Gasteiger partial charge in [0.1, 0.15) is 5.82 Å². The molecule has 1 aromatic heterocycles. The maximum atomic E-state index is 12.8. The van der Waals surface area contributed by atoms with Gasteiger partial charge in [-0.25, -0.2) is 4.39 Å². The van der Waals surface area contributed by atoms with Crippen LogP contribution in [0.15, 0.2) is 42.6 Å². The Morgan fingerprint density at radius 2 is 2.10 bits per heavy atom. The summed E-state index contributed by atoms with van der Waals surface area (Å²) in [6, 6.07) is 7.67. The van der Waals surface area contributed by atoms with Gasteiger partial charge in [0.2, 0.25) is 5.91 Å². The van der Waals surface area contributed by atoms with Gasteiger partial charge >= 0.3 is 0 Å². The number of carbonyl (C=O) groups is 1. The molecule has 1 atom stereocenters. The van der Waals surface area contributed by atoms with Crippen LogP contribution in [0.1, 0.15) is 31.1 Å². The van der Waals surface area contributed by atoms with Crippen molar-refractivity contribution in [3.05, 3.63) is 59.7 Å². The third kappa shape index (κ3) is 4.27. The fourth-order valence-electron chi connectivity index (χ4n) is 1.87. The minimum atomic E-state index is -0.295. The molecular formula is C16H18FN3O. The third-order valence-corrected chi connectivity index (χ3v) is 3.08. The van der Waals surface area contributed by atoms with E-state index < -0.39 is 0 Å². The zero-order chi connectivity index (χ0) is 15.2. The lowest BCUT2D eigenvalue weighted by Gasteiger charge is -2.09. The van der Waals surface area contributed by atoms with Gasteiger partial charge in [0.05, 0.1) is 11.7 Å². The molecule has 21 heavy (non-hydrogen) atoms. The first-order valence-corrected chi connectivity index (χ1v) is 6.86. The maximum absolute atomic E-state index is 12.8. The monoisotopic (exact) mass is 287 g/mol.